The summed E-state index contributed by atoms with van der Waals surface area (Å²) in [6, 6.07) is 9.92. The van der Waals surface area contributed by atoms with E-state index in [2.05, 4.69) is 39.3 Å². The van der Waals surface area contributed by atoms with Crippen molar-refractivity contribution in [2.45, 2.75) is 77.7 Å². The van der Waals surface area contributed by atoms with E-state index in [0.29, 0.717) is 13.0 Å². The number of ether oxygens (including phenoxy) is 1. The van der Waals surface area contributed by atoms with Crippen LogP contribution < -0.4 is 0 Å². The predicted octanol–water partition coefficient (Wildman–Crippen LogP) is 5.63. The SMILES string of the molecule is C[Si](C)(C)OC1=C(O[Si](C)(C)C)CC1.O=C1CCC1OCc1ccccc1. The summed E-state index contributed by atoms with van der Waals surface area (Å²) in [4.78, 5) is 10.9. The number of benzene rings is 1. The Balaban J connectivity index is 0.000000194. The van der Waals surface area contributed by atoms with E-state index in [4.69, 9.17) is 13.6 Å². The highest BCUT2D eigenvalue weighted by Crippen LogP contribution is 2.33. The molecule has 0 heterocycles. The normalized spacial score (nSPS) is 19.5. The molecule has 0 spiro atoms. The smallest absolute Gasteiger partial charge is 0.241 e. The maximum absolute atomic E-state index is 10.9. The number of carbonyl (C=O) groups excluding carboxylic acids is 1. The fourth-order valence-electron chi connectivity index (χ4n) is 2.61. The molecule has 0 aliphatic heterocycles. The third kappa shape index (κ3) is 8.03. The second-order valence-electron chi connectivity index (χ2n) is 9.07. The van der Waals surface area contributed by atoms with Crippen LogP contribution in [0.15, 0.2) is 41.9 Å². The fraction of sp³-hybridized carbons (Fsp3) is 0.571. The Kier molecular flexibility index (Phi) is 7.48. The van der Waals surface area contributed by atoms with Gasteiger partial charge in [-0.2, -0.15) is 0 Å². The first-order chi connectivity index (χ1) is 12.5. The number of hydrogen-bond donors (Lipinski definition) is 0. The number of hydrogen-bond acceptors (Lipinski definition) is 4. The molecule has 1 unspecified atom stereocenters. The van der Waals surface area contributed by atoms with Crippen molar-refractivity contribution in [1.29, 1.82) is 0 Å². The molecule has 1 aromatic rings. The Bertz CT molecular complexity index is 631. The molecule has 27 heavy (non-hydrogen) atoms. The topological polar surface area (TPSA) is 44.8 Å². The Morgan fingerprint density at radius 3 is 1.70 bits per heavy atom. The molecule has 3 rings (SSSR count). The summed E-state index contributed by atoms with van der Waals surface area (Å²) in [5, 5.41) is 0. The molecule has 1 saturated carbocycles. The summed E-state index contributed by atoms with van der Waals surface area (Å²) in [7, 11) is -2.86. The third-order valence-electron chi connectivity index (χ3n) is 4.05. The van der Waals surface area contributed by atoms with E-state index < -0.39 is 16.6 Å². The summed E-state index contributed by atoms with van der Waals surface area (Å²) in [6.45, 7) is 13.8. The Morgan fingerprint density at radius 2 is 1.37 bits per heavy atom. The minimum atomic E-state index is -1.43. The standard InChI is InChI=1S/C11H12O2.C10H22O2Si2/c12-10-6-7-11(10)13-8-9-4-2-1-3-5-9;1-13(2,3)11-9-7-8-10(9)12-14(4,5)6/h1-5,11H,6-8H2;7-8H2,1-6H3. The van der Waals surface area contributed by atoms with Crippen LogP contribution in [0.2, 0.25) is 39.3 Å². The van der Waals surface area contributed by atoms with E-state index in [-0.39, 0.29) is 11.9 Å². The second kappa shape index (κ2) is 9.21. The van der Waals surface area contributed by atoms with Gasteiger partial charge in [-0.3, -0.25) is 4.79 Å². The molecule has 150 valence electrons. The lowest BCUT2D eigenvalue weighted by Crippen LogP contribution is -2.33. The number of ketones is 1. The second-order valence-corrected chi connectivity index (χ2v) is 17.9. The van der Waals surface area contributed by atoms with Crippen LogP contribution in [0.3, 0.4) is 0 Å². The maximum atomic E-state index is 10.9. The summed E-state index contributed by atoms with van der Waals surface area (Å²) < 4.78 is 17.3. The molecule has 2 aliphatic carbocycles. The zero-order valence-electron chi connectivity index (χ0n) is 17.6. The van der Waals surface area contributed by atoms with Gasteiger partial charge in [-0.05, 0) is 51.3 Å². The van der Waals surface area contributed by atoms with E-state index >= 15 is 0 Å². The molecular formula is C21H34O4Si2. The van der Waals surface area contributed by atoms with Gasteiger partial charge in [-0.15, -0.1) is 0 Å². The summed E-state index contributed by atoms with van der Waals surface area (Å²) in [6.07, 6.45) is 3.61. The van der Waals surface area contributed by atoms with Gasteiger partial charge in [0.2, 0.25) is 16.6 Å². The van der Waals surface area contributed by atoms with Gasteiger partial charge in [0.1, 0.15) is 17.6 Å². The molecule has 6 heteroatoms. The van der Waals surface area contributed by atoms with Crippen molar-refractivity contribution in [3.05, 3.63) is 47.4 Å². The van der Waals surface area contributed by atoms with Gasteiger partial charge in [0.05, 0.1) is 6.61 Å². The zero-order valence-corrected chi connectivity index (χ0v) is 19.6. The Labute approximate surface area is 166 Å². The Morgan fingerprint density at radius 1 is 0.852 bits per heavy atom. The van der Waals surface area contributed by atoms with Crippen LogP contribution in [0, 0.1) is 0 Å². The van der Waals surface area contributed by atoms with Crippen LogP contribution in [0.25, 0.3) is 0 Å². The van der Waals surface area contributed by atoms with Crippen LogP contribution in [-0.4, -0.2) is 28.5 Å². The number of Topliss-reactive ketones (excluding diaryl/α,β-unsaturated/α-hetero) is 1. The summed E-state index contributed by atoms with van der Waals surface area (Å²) in [5.41, 5.74) is 1.13. The highest BCUT2D eigenvalue weighted by Gasteiger charge is 2.30. The fourth-order valence-corrected chi connectivity index (χ4v) is 4.52. The molecular weight excluding hydrogens is 372 g/mol. The Hall–Kier alpha value is -1.38. The molecule has 0 saturated heterocycles. The first-order valence-electron chi connectivity index (χ1n) is 9.82. The highest BCUT2D eigenvalue weighted by molar-refractivity contribution is 6.70. The lowest BCUT2D eigenvalue weighted by Gasteiger charge is -2.33. The summed E-state index contributed by atoms with van der Waals surface area (Å²) in [5.74, 6) is 2.51. The first kappa shape index (κ1) is 21.9. The van der Waals surface area contributed by atoms with E-state index in [9.17, 15) is 4.79 Å². The largest absolute Gasteiger partial charge is 0.545 e. The van der Waals surface area contributed by atoms with Crippen molar-refractivity contribution in [2.75, 3.05) is 0 Å². The average Bonchev–Trinajstić information content (AvgIpc) is 2.56. The molecule has 0 bridgehead atoms. The van der Waals surface area contributed by atoms with Crippen molar-refractivity contribution < 1.29 is 18.4 Å². The lowest BCUT2D eigenvalue weighted by atomic mass is 9.94. The minimum Gasteiger partial charge on any atom is -0.545 e. The third-order valence-corrected chi connectivity index (χ3v) is 5.77. The van der Waals surface area contributed by atoms with Gasteiger partial charge in [-0.1, -0.05) is 30.3 Å². The molecule has 4 nitrogen and oxygen atoms in total. The molecule has 2 aliphatic rings. The van der Waals surface area contributed by atoms with E-state index in [1.54, 1.807) is 0 Å². The number of allylic oxidation sites excluding steroid dienone is 2. The van der Waals surface area contributed by atoms with Crippen molar-refractivity contribution in [1.82, 2.24) is 0 Å². The summed E-state index contributed by atoms with van der Waals surface area (Å²) >= 11 is 0. The van der Waals surface area contributed by atoms with Gasteiger partial charge in [0.15, 0.2) is 5.78 Å². The van der Waals surface area contributed by atoms with Gasteiger partial charge in [0.25, 0.3) is 0 Å². The molecule has 1 atom stereocenters. The maximum Gasteiger partial charge on any atom is 0.241 e. The van der Waals surface area contributed by atoms with Gasteiger partial charge in [-0.25, -0.2) is 0 Å². The highest BCUT2D eigenvalue weighted by atomic mass is 28.4. The van der Waals surface area contributed by atoms with Gasteiger partial charge in [0, 0.05) is 19.3 Å². The minimum absolute atomic E-state index is 0.125. The van der Waals surface area contributed by atoms with Crippen molar-refractivity contribution >= 4 is 22.4 Å². The number of carbonyl (C=O) groups is 1. The quantitative estimate of drug-likeness (QED) is 0.551. The van der Waals surface area contributed by atoms with Crippen molar-refractivity contribution in [3.63, 3.8) is 0 Å². The first-order valence-corrected chi connectivity index (χ1v) is 16.6. The van der Waals surface area contributed by atoms with Crippen LogP contribution in [-0.2, 0) is 25.0 Å². The molecule has 0 aromatic heterocycles. The van der Waals surface area contributed by atoms with Crippen LogP contribution in [0.5, 0.6) is 0 Å². The zero-order chi connectivity index (χ0) is 20.1. The number of rotatable bonds is 7. The average molecular weight is 407 g/mol. The van der Waals surface area contributed by atoms with Crippen LogP contribution in [0.4, 0.5) is 0 Å². The lowest BCUT2D eigenvalue weighted by molar-refractivity contribution is -0.141. The van der Waals surface area contributed by atoms with Crippen LogP contribution >= 0.6 is 0 Å². The van der Waals surface area contributed by atoms with Gasteiger partial charge < -0.3 is 13.6 Å². The molecule has 0 N–H and O–H groups in total. The monoisotopic (exact) mass is 406 g/mol. The van der Waals surface area contributed by atoms with E-state index in [0.717, 1.165) is 36.3 Å². The molecule has 1 fully saturated rings. The van der Waals surface area contributed by atoms with Crippen molar-refractivity contribution in [3.8, 4) is 0 Å². The molecule has 0 radical (unpaired) electrons. The molecule has 1 aromatic carbocycles. The van der Waals surface area contributed by atoms with E-state index in [1.165, 1.54) is 0 Å². The van der Waals surface area contributed by atoms with Crippen LogP contribution in [0.1, 0.15) is 31.2 Å². The van der Waals surface area contributed by atoms with E-state index in [1.807, 2.05) is 30.3 Å². The predicted molar refractivity (Wildman–Crippen MR) is 114 cm³/mol. The molecule has 0 amide bonds. The van der Waals surface area contributed by atoms with Gasteiger partial charge >= 0.3 is 0 Å². The van der Waals surface area contributed by atoms with Crippen molar-refractivity contribution in [2.24, 2.45) is 0 Å².